The van der Waals surface area contributed by atoms with Crippen LogP contribution in [0.4, 0.5) is 0 Å². The second-order valence-electron chi connectivity index (χ2n) is 7.49. The molecule has 1 aromatic rings. The van der Waals surface area contributed by atoms with Gasteiger partial charge in [0.1, 0.15) is 0 Å². The molecule has 24 heavy (non-hydrogen) atoms. The molecule has 0 heterocycles. The summed E-state index contributed by atoms with van der Waals surface area (Å²) in [6.45, 7) is 0. The van der Waals surface area contributed by atoms with Crippen LogP contribution in [-0.4, -0.2) is 24.2 Å². The van der Waals surface area contributed by atoms with Crippen molar-refractivity contribution in [2.45, 2.75) is 63.8 Å². The summed E-state index contributed by atoms with van der Waals surface area (Å²) in [6.07, 6.45) is 10.8. The van der Waals surface area contributed by atoms with Gasteiger partial charge in [0.05, 0.1) is 13.5 Å². The van der Waals surface area contributed by atoms with Gasteiger partial charge in [-0.1, -0.05) is 31.7 Å². The predicted octanol–water partition coefficient (Wildman–Crippen LogP) is 3.81. The molecule has 0 aromatic heterocycles. The Balaban J connectivity index is 1.40. The third-order valence-electron chi connectivity index (χ3n) is 5.50. The van der Waals surface area contributed by atoms with Crippen molar-refractivity contribution in [3.8, 4) is 11.5 Å². The molecule has 0 aliphatic heterocycles. The third kappa shape index (κ3) is 4.89. The number of nitrogens with one attached hydrogen (secondary N) is 1. The lowest BCUT2D eigenvalue weighted by molar-refractivity contribution is -0.121. The first kappa shape index (κ1) is 17.1. The summed E-state index contributed by atoms with van der Waals surface area (Å²) in [5.41, 5.74) is 0.861. The van der Waals surface area contributed by atoms with Crippen molar-refractivity contribution in [2.75, 3.05) is 7.11 Å². The van der Waals surface area contributed by atoms with Crippen molar-refractivity contribution < 1.29 is 14.6 Å². The summed E-state index contributed by atoms with van der Waals surface area (Å²) in [6, 6.07) is 5.40. The van der Waals surface area contributed by atoms with Gasteiger partial charge in [-0.2, -0.15) is 0 Å². The van der Waals surface area contributed by atoms with Gasteiger partial charge in [0.25, 0.3) is 0 Å². The standard InChI is InChI=1S/C20H29NO3/c1-24-19-12-16(8-11-18(19)22)13-20(23)21-17-9-6-15(7-10-17)5-4-14-2-3-14/h8,11-12,14-15,17,22H,2-7,9-10,13H2,1H3,(H,21,23)/t15-,17-. The Kier molecular flexibility index (Phi) is 5.64. The molecule has 2 saturated carbocycles. The number of amides is 1. The lowest BCUT2D eigenvalue weighted by atomic mass is 9.83. The van der Waals surface area contributed by atoms with E-state index in [9.17, 15) is 9.90 Å². The summed E-state index contributed by atoms with van der Waals surface area (Å²) in [7, 11) is 1.51. The number of carbonyl (C=O) groups is 1. The number of aromatic hydroxyl groups is 1. The van der Waals surface area contributed by atoms with E-state index in [1.807, 2.05) is 0 Å². The smallest absolute Gasteiger partial charge is 0.224 e. The van der Waals surface area contributed by atoms with E-state index in [2.05, 4.69) is 5.32 Å². The molecule has 2 aliphatic rings. The molecule has 4 heteroatoms. The normalized spacial score (nSPS) is 23.7. The van der Waals surface area contributed by atoms with Crippen LogP contribution in [0.15, 0.2) is 18.2 Å². The number of hydrogen-bond donors (Lipinski definition) is 2. The number of ether oxygens (including phenoxy) is 1. The summed E-state index contributed by atoms with van der Waals surface area (Å²) in [5, 5.41) is 12.8. The van der Waals surface area contributed by atoms with Gasteiger partial charge in [-0.3, -0.25) is 4.79 Å². The van der Waals surface area contributed by atoms with Crippen molar-refractivity contribution >= 4 is 5.91 Å². The minimum atomic E-state index is 0.0594. The Labute approximate surface area is 144 Å². The van der Waals surface area contributed by atoms with Gasteiger partial charge in [-0.15, -0.1) is 0 Å². The minimum Gasteiger partial charge on any atom is -0.504 e. The van der Waals surface area contributed by atoms with Crippen LogP contribution in [0.1, 0.15) is 56.9 Å². The molecule has 132 valence electrons. The van der Waals surface area contributed by atoms with Crippen LogP contribution < -0.4 is 10.1 Å². The molecule has 0 spiro atoms. The summed E-state index contributed by atoms with van der Waals surface area (Å²) >= 11 is 0. The Morgan fingerprint density at radius 3 is 2.33 bits per heavy atom. The Hall–Kier alpha value is -1.71. The van der Waals surface area contributed by atoms with Crippen LogP contribution in [0, 0.1) is 11.8 Å². The van der Waals surface area contributed by atoms with Gasteiger partial charge >= 0.3 is 0 Å². The quantitative estimate of drug-likeness (QED) is 0.799. The lowest BCUT2D eigenvalue weighted by Crippen LogP contribution is -2.38. The first-order chi connectivity index (χ1) is 11.6. The second kappa shape index (κ2) is 7.91. The molecule has 0 bridgehead atoms. The summed E-state index contributed by atoms with van der Waals surface area (Å²) in [4.78, 5) is 12.3. The van der Waals surface area contributed by atoms with E-state index in [-0.39, 0.29) is 11.7 Å². The van der Waals surface area contributed by atoms with Gasteiger partial charge in [0.2, 0.25) is 5.91 Å². The van der Waals surface area contributed by atoms with E-state index >= 15 is 0 Å². The molecule has 2 aliphatic carbocycles. The van der Waals surface area contributed by atoms with E-state index in [0.29, 0.717) is 18.2 Å². The van der Waals surface area contributed by atoms with Crippen LogP contribution in [0.2, 0.25) is 0 Å². The number of carbonyl (C=O) groups excluding carboxylic acids is 1. The SMILES string of the molecule is COc1cc(CC(=O)N[C@H]2CC[C@H](CCC3CC3)CC2)ccc1O. The zero-order valence-electron chi connectivity index (χ0n) is 14.6. The molecular formula is C20H29NO3. The molecule has 0 saturated heterocycles. The summed E-state index contributed by atoms with van der Waals surface area (Å²) < 4.78 is 5.09. The third-order valence-corrected chi connectivity index (χ3v) is 5.50. The molecule has 0 atom stereocenters. The van der Waals surface area contributed by atoms with Crippen molar-refractivity contribution in [1.29, 1.82) is 0 Å². The predicted molar refractivity (Wildman–Crippen MR) is 94.2 cm³/mol. The van der Waals surface area contributed by atoms with Gasteiger partial charge in [0.15, 0.2) is 11.5 Å². The topological polar surface area (TPSA) is 58.6 Å². The number of benzene rings is 1. The minimum absolute atomic E-state index is 0.0594. The maximum atomic E-state index is 12.3. The highest BCUT2D eigenvalue weighted by Crippen LogP contribution is 2.37. The van der Waals surface area contributed by atoms with Crippen LogP contribution in [0.25, 0.3) is 0 Å². The zero-order chi connectivity index (χ0) is 16.9. The molecule has 3 rings (SSSR count). The van der Waals surface area contributed by atoms with E-state index in [1.54, 1.807) is 18.2 Å². The maximum Gasteiger partial charge on any atom is 0.224 e. The first-order valence-corrected chi connectivity index (χ1v) is 9.29. The summed E-state index contributed by atoms with van der Waals surface area (Å²) in [5.74, 6) is 2.48. The Bertz CT molecular complexity index is 560. The van der Waals surface area contributed by atoms with Crippen LogP contribution in [0.5, 0.6) is 11.5 Å². The van der Waals surface area contributed by atoms with Crippen LogP contribution in [-0.2, 0) is 11.2 Å². The fraction of sp³-hybridized carbons (Fsp3) is 0.650. The number of hydrogen-bond acceptors (Lipinski definition) is 3. The fourth-order valence-corrected chi connectivity index (χ4v) is 3.77. The molecule has 4 nitrogen and oxygen atoms in total. The van der Waals surface area contributed by atoms with Crippen molar-refractivity contribution in [3.63, 3.8) is 0 Å². The fourth-order valence-electron chi connectivity index (χ4n) is 3.77. The van der Waals surface area contributed by atoms with E-state index in [0.717, 1.165) is 30.2 Å². The van der Waals surface area contributed by atoms with Crippen LogP contribution >= 0.6 is 0 Å². The number of methoxy groups -OCH3 is 1. The van der Waals surface area contributed by atoms with E-state index in [1.165, 1.54) is 45.6 Å². The Morgan fingerprint density at radius 2 is 1.75 bits per heavy atom. The van der Waals surface area contributed by atoms with Gasteiger partial charge in [-0.05, 0) is 55.2 Å². The van der Waals surface area contributed by atoms with E-state index < -0.39 is 0 Å². The van der Waals surface area contributed by atoms with Crippen molar-refractivity contribution in [3.05, 3.63) is 23.8 Å². The monoisotopic (exact) mass is 331 g/mol. The molecule has 1 aromatic carbocycles. The van der Waals surface area contributed by atoms with Crippen LogP contribution in [0.3, 0.4) is 0 Å². The van der Waals surface area contributed by atoms with Crippen molar-refractivity contribution in [1.82, 2.24) is 5.32 Å². The lowest BCUT2D eigenvalue weighted by Gasteiger charge is -2.29. The van der Waals surface area contributed by atoms with Gasteiger partial charge in [-0.25, -0.2) is 0 Å². The highest BCUT2D eigenvalue weighted by atomic mass is 16.5. The molecule has 2 fully saturated rings. The Morgan fingerprint density at radius 1 is 1.12 bits per heavy atom. The average Bonchev–Trinajstić information content (AvgIpc) is 3.40. The zero-order valence-corrected chi connectivity index (χ0v) is 14.6. The highest BCUT2D eigenvalue weighted by molar-refractivity contribution is 5.79. The average molecular weight is 331 g/mol. The largest absolute Gasteiger partial charge is 0.504 e. The maximum absolute atomic E-state index is 12.3. The molecule has 0 radical (unpaired) electrons. The number of rotatable bonds is 7. The molecular weight excluding hydrogens is 302 g/mol. The van der Waals surface area contributed by atoms with Crippen molar-refractivity contribution in [2.24, 2.45) is 11.8 Å². The second-order valence-corrected chi connectivity index (χ2v) is 7.49. The molecule has 2 N–H and O–H groups in total. The molecule has 1 amide bonds. The van der Waals surface area contributed by atoms with Gasteiger partial charge in [0, 0.05) is 6.04 Å². The molecule has 0 unspecified atom stereocenters. The van der Waals surface area contributed by atoms with Gasteiger partial charge < -0.3 is 15.2 Å². The highest BCUT2D eigenvalue weighted by Gasteiger charge is 2.26. The van der Waals surface area contributed by atoms with E-state index in [4.69, 9.17) is 4.74 Å². The first-order valence-electron chi connectivity index (χ1n) is 9.29. The number of phenols is 1. The number of phenolic OH excluding ortho intramolecular Hbond substituents is 1.